The van der Waals surface area contributed by atoms with Crippen LogP contribution in [0.4, 0.5) is 6.01 Å². The molecule has 6 nitrogen and oxygen atoms in total. The first-order chi connectivity index (χ1) is 13.0. The third-order valence-corrected chi connectivity index (χ3v) is 6.55. The Bertz CT molecular complexity index is 993. The number of oxazole rings is 1. The molecule has 3 aromatic rings. The van der Waals surface area contributed by atoms with E-state index >= 15 is 0 Å². The Morgan fingerprint density at radius 3 is 2.52 bits per heavy atom. The zero-order valence-electron chi connectivity index (χ0n) is 14.6. The molecule has 0 radical (unpaired) electrons. The number of fused-ring (bicyclic) bond motifs is 1. The highest BCUT2D eigenvalue weighted by molar-refractivity contribution is 7.89. The van der Waals surface area contributed by atoms with E-state index in [4.69, 9.17) is 16.0 Å². The van der Waals surface area contributed by atoms with Crippen molar-refractivity contribution >= 4 is 38.7 Å². The van der Waals surface area contributed by atoms with Crippen molar-refractivity contribution in [2.24, 2.45) is 5.92 Å². The molecule has 0 amide bonds. The van der Waals surface area contributed by atoms with Gasteiger partial charge >= 0.3 is 0 Å². The average molecular weight is 406 g/mol. The van der Waals surface area contributed by atoms with Crippen molar-refractivity contribution in [2.75, 3.05) is 24.5 Å². The van der Waals surface area contributed by atoms with E-state index in [2.05, 4.69) is 14.6 Å². The predicted molar refractivity (Wildman–Crippen MR) is 106 cm³/mol. The van der Waals surface area contributed by atoms with Crippen LogP contribution in [0.15, 0.2) is 57.8 Å². The summed E-state index contributed by atoms with van der Waals surface area (Å²) in [5.74, 6) is 0.285. The van der Waals surface area contributed by atoms with E-state index in [1.807, 2.05) is 24.3 Å². The molecule has 1 aliphatic heterocycles. The van der Waals surface area contributed by atoms with Gasteiger partial charge in [0.25, 0.3) is 6.01 Å². The van der Waals surface area contributed by atoms with Gasteiger partial charge in [-0.2, -0.15) is 4.98 Å². The first kappa shape index (κ1) is 18.3. The van der Waals surface area contributed by atoms with E-state index in [-0.39, 0.29) is 10.8 Å². The van der Waals surface area contributed by atoms with Gasteiger partial charge in [-0.05, 0) is 55.2 Å². The van der Waals surface area contributed by atoms with Crippen LogP contribution in [0, 0.1) is 5.92 Å². The molecule has 1 saturated heterocycles. The fourth-order valence-electron chi connectivity index (χ4n) is 3.25. The van der Waals surface area contributed by atoms with Gasteiger partial charge in [0.1, 0.15) is 5.52 Å². The van der Waals surface area contributed by atoms with Crippen LogP contribution in [0.25, 0.3) is 11.1 Å². The van der Waals surface area contributed by atoms with E-state index < -0.39 is 10.0 Å². The summed E-state index contributed by atoms with van der Waals surface area (Å²) in [4.78, 5) is 6.88. The molecular formula is C19H20ClN3O3S. The summed E-state index contributed by atoms with van der Waals surface area (Å²) in [7, 11) is -3.51. The third kappa shape index (κ3) is 4.10. The molecule has 27 heavy (non-hydrogen) atoms. The lowest BCUT2D eigenvalue weighted by Crippen LogP contribution is -2.38. The van der Waals surface area contributed by atoms with Crippen LogP contribution >= 0.6 is 11.6 Å². The summed E-state index contributed by atoms with van der Waals surface area (Å²) in [5, 5.41) is 0.514. The Balaban J connectivity index is 1.33. The van der Waals surface area contributed by atoms with Crippen LogP contribution in [0.5, 0.6) is 0 Å². The lowest BCUT2D eigenvalue weighted by molar-refractivity contribution is 0.387. The molecule has 1 fully saturated rings. The highest BCUT2D eigenvalue weighted by Crippen LogP contribution is 2.26. The molecule has 2 aromatic carbocycles. The smallest absolute Gasteiger partial charge is 0.298 e. The SMILES string of the molecule is O=S(=O)(NCC1CCN(c2nc3ccccc3o2)CC1)c1ccc(Cl)cc1. The molecule has 1 aromatic heterocycles. The van der Waals surface area contributed by atoms with Crippen LogP contribution in [-0.2, 0) is 10.0 Å². The highest BCUT2D eigenvalue weighted by atomic mass is 35.5. The van der Waals surface area contributed by atoms with Crippen molar-refractivity contribution in [1.82, 2.24) is 9.71 Å². The molecule has 2 heterocycles. The summed E-state index contributed by atoms with van der Waals surface area (Å²) in [6.07, 6.45) is 1.75. The summed E-state index contributed by atoms with van der Waals surface area (Å²) in [6, 6.07) is 14.5. The number of sulfonamides is 1. The lowest BCUT2D eigenvalue weighted by atomic mass is 9.97. The second kappa shape index (κ2) is 7.50. The molecule has 142 valence electrons. The Kier molecular flexibility index (Phi) is 5.08. The predicted octanol–water partition coefficient (Wildman–Crippen LogP) is 3.68. The highest BCUT2D eigenvalue weighted by Gasteiger charge is 2.24. The molecular weight excluding hydrogens is 386 g/mol. The summed E-state index contributed by atoms with van der Waals surface area (Å²) < 4.78 is 33.3. The number of para-hydroxylation sites is 2. The van der Waals surface area contributed by atoms with Crippen molar-refractivity contribution in [3.63, 3.8) is 0 Å². The van der Waals surface area contributed by atoms with Gasteiger partial charge in [0.05, 0.1) is 4.90 Å². The molecule has 0 aliphatic carbocycles. The number of hydrogen-bond acceptors (Lipinski definition) is 5. The van der Waals surface area contributed by atoms with Crippen molar-refractivity contribution < 1.29 is 12.8 Å². The quantitative estimate of drug-likeness (QED) is 0.700. The fraction of sp³-hybridized carbons (Fsp3) is 0.316. The second-order valence-electron chi connectivity index (χ2n) is 6.70. The maximum absolute atomic E-state index is 12.4. The summed E-state index contributed by atoms with van der Waals surface area (Å²) in [6.45, 7) is 2.01. The van der Waals surface area contributed by atoms with Crippen molar-refractivity contribution in [2.45, 2.75) is 17.7 Å². The topological polar surface area (TPSA) is 75.4 Å². The summed E-state index contributed by atoms with van der Waals surface area (Å²) >= 11 is 5.82. The average Bonchev–Trinajstić information content (AvgIpc) is 3.11. The van der Waals surface area contributed by atoms with Gasteiger partial charge in [-0.1, -0.05) is 23.7 Å². The lowest BCUT2D eigenvalue weighted by Gasteiger charge is -2.30. The van der Waals surface area contributed by atoms with E-state index in [0.29, 0.717) is 17.6 Å². The molecule has 0 saturated carbocycles. The van der Waals surface area contributed by atoms with Gasteiger partial charge in [-0.25, -0.2) is 13.1 Å². The van der Waals surface area contributed by atoms with Crippen molar-refractivity contribution in [3.05, 3.63) is 53.6 Å². The van der Waals surface area contributed by atoms with Crippen molar-refractivity contribution in [3.8, 4) is 0 Å². The second-order valence-corrected chi connectivity index (χ2v) is 8.90. The Morgan fingerprint density at radius 1 is 1.11 bits per heavy atom. The Morgan fingerprint density at radius 2 is 1.81 bits per heavy atom. The van der Waals surface area contributed by atoms with Crippen LogP contribution in [0.1, 0.15) is 12.8 Å². The molecule has 0 unspecified atom stereocenters. The minimum Gasteiger partial charge on any atom is -0.423 e. The molecule has 1 aliphatic rings. The number of benzene rings is 2. The molecule has 4 rings (SSSR count). The number of rotatable bonds is 5. The number of anilines is 1. The first-order valence-corrected chi connectivity index (χ1v) is 10.7. The van der Waals surface area contributed by atoms with E-state index in [0.717, 1.165) is 37.0 Å². The van der Waals surface area contributed by atoms with Crippen LogP contribution in [0.2, 0.25) is 5.02 Å². The Hall–Kier alpha value is -2.09. The third-order valence-electron chi connectivity index (χ3n) is 4.85. The van der Waals surface area contributed by atoms with Gasteiger partial charge in [0.15, 0.2) is 5.58 Å². The van der Waals surface area contributed by atoms with Gasteiger partial charge in [-0.15, -0.1) is 0 Å². The number of halogens is 1. The standard InChI is InChI=1S/C19H20ClN3O3S/c20-15-5-7-16(8-6-15)27(24,25)21-13-14-9-11-23(12-10-14)19-22-17-3-1-2-4-18(17)26-19/h1-8,14,21H,9-13H2. The number of aromatic nitrogens is 1. The van der Waals surface area contributed by atoms with Crippen LogP contribution in [0.3, 0.4) is 0 Å². The van der Waals surface area contributed by atoms with E-state index in [1.165, 1.54) is 12.1 Å². The Labute approximate surface area is 163 Å². The largest absolute Gasteiger partial charge is 0.423 e. The zero-order valence-corrected chi connectivity index (χ0v) is 16.2. The molecule has 8 heteroatoms. The minimum absolute atomic E-state index is 0.232. The molecule has 0 spiro atoms. The van der Waals surface area contributed by atoms with Crippen molar-refractivity contribution in [1.29, 1.82) is 0 Å². The van der Waals surface area contributed by atoms with Gasteiger partial charge < -0.3 is 9.32 Å². The van der Waals surface area contributed by atoms with Gasteiger partial charge in [-0.3, -0.25) is 0 Å². The normalized spacial score (nSPS) is 16.1. The molecule has 1 N–H and O–H groups in total. The maximum atomic E-state index is 12.4. The molecule has 0 bridgehead atoms. The van der Waals surface area contributed by atoms with Gasteiger partial charge in [0, 0.05) is 24.7 Å². The number of nitrogens with one attached hydrogen (secondary N) is 1. The summed E-state index contributed by atoms with van der Waals surface area (Å²) in [5.41, 5.74) is 1.63. The zero-order chi connectivity index (χ0) is 18.9. The minimum atomic E-state index is -3.51. The van der Waals surface area contributed by atoms with Gasteiger partial charge in [0.2, 0.25) is 10.0 Å². The van der Waals surface area contributed by atoms with E-state index in [1.54, 1.807) is 12.1 Å². The first-order valence-electron chi connectivity index (χ1n) is 8.87. The maximum Gasteiger partial charge on any atom is 0.298 e. The number of nitrogens with zero attached hydrogens (tertiary/aromatic N) is 2. The van der Waals surface area contributed by atoms with Crippen LogP contribution < -0.4 is 9.62 Å². The number of hydrogen-bond donors (Lipinski definition) is 1. The number of piperidine rings is 1. The van der Waals surface area contributed by atoms with E-state index in [9.17, 15) is 8.42 Å². The van der Waals surface area contributed by atoms with Crippen LogP contribution in [-0.4, -0.2) is 33.0 Å². The molecule has 0 atom stereocenters. The monoisotopic (exact) mass is 405 g/mol. The fourth-order valence-corrected chi connectivity index (χ4v) is 4.49.